The Morgan fingerprint density at radius 3 is 2.35 bits per heavy atom. The molecule has 31 heavy (non-hydrogen) atoms. The molecule has 12 nitrogen and oxygen atoms in total. The molecule has 5 unspecified atom stereocenters. The van der Waals surface area contributed by atoms with Crippen molar-refractivity contribution in [2.45, 2.75) is 75.7 Å². The van der Waals surface area contributed by atoms with Gasteiger partial charge in [0.2, 0.25) is 17.7 Å². The smallest absolute Gasteiger partial charge is 0.326 e. The Kier molecular flexibility index (Phi) is 8.75. The van der Waals surface area contributed by atoms with Crippen LogP contribution in [-0.2, 0) is 24.0 Å². The fraction of sp³-hybridized carbons (Fsp3) is 0.737. The van der Waals surface area contributed by atoms with Gasteiger partial charge in [-0.05, 0) is 45.6 Å². The highest BCUT2D eigenvalue weighted by atomic mass is 16.4. The van der Waals surface area contributed by atoms with Crippen LogP contribution in [0.1, 0.15) is 45.4 Å². The summed E-state index contributed by atoms with van der Waals surface area (Å²) in [4.78, 5) is 61.6. The number of carbonyl (C=O) groups is 5. The van der Waals surface area contributed by atoms with E-state index in [1.807, 2.05) is 0 Å². The molecule has 2 heterocycles. The van der Waals surface area contributed by atoms with E-state index in [2.05, 4.69) is 16.0 Å². The van der Waals surface area contributed by atoms with Crippen LogP contribution in [0.4, 0.5) is 0 Å². The maximum absolute atomic E-state index is 12.9. The van der Waals surface area contributed by atoms with Gasteiger partial charge in [-0.2, -0.15) is 0 Å². The number of amides is 3. The van der Waals surface area contributed by atoms with E-state index >= 15 is 0 Å². The number of hydrogen-bond donors (Lipinski definition) is 6. The molecule has 0 aromatic carbocycles. The maximum atomic E-state index is 12.9. The molecule has 6 N–H and O–H groups in total. The van der Waals surface area contributed by atoms with Crippen LogP contribution in [0.3, 0.4) is 0 Å². The molecule has 2 saturated heterocycles. The van der Waals surface area contributed by atoms with Gasteiger partial charge >= 0.3 is 11.9 Å². The average molecular weight is 442 g/mol. The predicted octanol–water partition coefficient (Wildman–Crippen LogP) is -1.97. The highest BCUT2D eigenvalue weighted by Gasteiger charge is 2.39. The molecule has 0 aliphatic carbocycles. The van der Waals surface area contributed by atoms with E-state index in [0.29, 0.717) is 19.4 Å². The number of carbonyl (C=O) groups excluding carboxylic acids is 3. The summed E-state index contributed by atoms with van der Waals surface area (Å²) in [6.07, 6.45) is 0.165. The van der Waals surface area contributed by atoms with Crippen LogP contribution in [0.2, 0.25) is 0 Å². The first kappa shape index (κ1) is 24.5. The largest absolute Gasteiger partial charge is 0.481 e. The van der Waals surface area contributed by atoms with Crippen LogP contribution < -0.4 is 16.0 Å². The van der Waals surface area contributed by atoms with E-state index in [4.69, 9.17) is 5.11 Å². The molecule has 2 fully saturated rings. The van der Waals surface area contributed by atoms with E-state index in [0.717, 1.165) is 11.3 Å². The molecular weight excluding hydrogens is 412 g/mol. The lowest BCUT2D eigenvalue weighted by Gasteiger charge is -2.29. The van der Waals surface area contributed by atoms with E-state index in [9.17, 15) is 34.2 Å². The molecule has 5 atom stereocenters. The summed E-state index contributed by atoms with van der Waals surface area (Å²) in [7, 11) is 0. The van der Waals surface area contributed by atoms with Crippen molar-refractivity contribution in [3.63, 3.8) is 0 Å². The van der Waals surface area contributed by atoms with E-state index in [1.54, 1.807) is 0 Å². The standard InChI is InChI=1S/C19H30N4O8/c1-10(24)15(22-16(27)11-4-2-8-20-11)17(28)21-12(6-7-14(25)26)18(29)23-9-3-5-13(23)19(30)31/h10-13,15,20,24H,2-9H2,1H3,(H,21,28)(H,22,27)(H,25,26)(H,30,31). The number of hydrogen-bond acceptors (Lipinski definition) is 7. The molecule has 0 aromatic heterocycles. The number of aliphatic carboxylic acids is 2. The van der Waals surface area contributed by atoms with Crippen LogP contribution in [0.5, 0.6) is 0 Å². The number of likely N-dealkylation sites (tertiary alicyclic amines) is 1. The first-order valence-corrected chi connectivity index (χ1v) is 10.4. The quantitative estimate of drug-likeness (QED) is 0.223. The molecule has 2 aliphatic heterocycles. The second kappa shape index (κ2) is 11.0. The van der Waals surface area contributed by atoms with Gasteiger partial charge in [-0.25, -0.2) is 4.79 Å². The molecule has 0 bridgehead atoms. The predicted molar refractivity (Wildman–Crippen MR) is 106 cm³/mol. The van der Waals surface area contributed by atoms with E-state index in [1.165, 1.54) is 6.92 Å². The molecule has 0 saturated carbocycles. The lowest BCUT2D eigenvalue weighted by Crippen LogP contribution is -2.59. The zero-order valence-electron chi connectivity index (χ0n) is 17.4. The van der Waals surface area contributed by atoms with Crippen molar-refractivity contribution in [1.29, 1.82) is 0 Å². The number of carboxylic acid groups (broad SMARTS) is 2. The second-order valence-electron chi connectivity index (χ2n) is 7.90. The summed E-state index contributed by atoms with van der Waals surface area (Å²) >= 11 is 0. The Balaban J connectivity index is 2.12. The van der Waals surface area contributed by atoms with Crippen LogP contribution in [0.25, 0.3) is 0 Å². The van der Waals surface area contributed by atoms with Crippen LogP contribution >= 0.6 is 0 Å². The lowest BCUT2D eigenvalue weighted by atomic mass is 10.1. The summed E-state index contributed by atoms with van der Waals surface area (Å²) in [5.74, 6) is -4.37. The van der Waals surface area contributed by atoms with Crippen molar-refractivity contribution in [2.75, 3.05) is 13.1 Å². The molecule has 2 aliphatic rings. The first-order valence-electron chi connectivity index (χ1n) is 10.4. The van der Waals surface area contributed by atoms with Crippen LogP contribution in [0, 0.1) is 0 Å². The van der Waals surface area contributed by atoms with Crippen molar-refractivity contribution in [1.82, 2.24) is 20.9 Å². The third-order valence-electron chi connectivity index (χ3n) is 5.52. The van der Waals surface area contributed by atoms with Gasteiger partial charge in [0.25, 0.3) is 0 Å². The van der Waals surface area contributed by atoms with Gasteiger partial charge in [-0.3, -0.25) is 19.2 Å². The normalized spacial score (nSPS) is 23.6. The Morgan fingerprint density at radius 2 is 1.81 bits per heavy atom. The number of nitrogens with one attached hydrogen (secondary N) is 3. The molecule has 2 rings (SSSR count). The highest BCUT2D eigenvalue weighted by Crippen LogP contribution is 2.20. The Bertz CT molecular complexity index is 707. The van der Waals surface area contributed by atoms with Gasteiger partial charge in [-0.15, -0.1) is 0 Å². The summed E-state index contributed by atoms with van der Waals surface area (Å²) in [6, 6.07) is -4.19. The van der Waals surface area contributed by atoms with E-state index < -0.39 is 66.4 Å². The number of rotatable bonds is 10. The molecule has 0 aromatic rings. The number of carboxylic acids is 2. The summed E-state index contributed by atoms with van der Waals surface area (Å²) in [5.41, 5.74) is 0. The van der Waals surface area contributed by atoms with E-state index in [-0.39, 0.29) is 19.4 Å². The Hall–Kier alpha value is -2.73. The SMILES string of the molecule is CC(O)C(NC(=O)C1CCCN1)C(=O)NC(CCC(=O)O)C(=O)N1CCCC1C(=O)O. The van der Waals surface area contributed by atoms with Crippen molar-refractivity contribution in [3.8, 4) is 0 Å². The number of nitrogens with zero attached hydrogens (tertiary/aromatic N) is 1. The van der Waals surface area contributed by atoms with Crippen molar-refractivity contribution < 1.29 is 39.3 Å². The lowest BCUT2D eigenvalue weighted by molar-refractivity contribution is -0.150. The van der Waals surface area contributed by atoms with Crippen molar-refractivity contribution in [2.24, 2.45) is 0 Å². The van der Waals surface area contributed by atoms with Gasteiger partial charge in [0.05, 0.1) is 12.1 Å². The fourth-order valence-electron chi connectivity index (χ4n) is 3.84. The molecule has 174 valence electrons. The summed E-state index contributed by atoms with van der Waals surface area (Å²) in [6.45, 7) is 2.15. The molecule has 0 radical (unpaired) electrons. The van der Waals surface area contributed by atoms with Gasteiger partial charge in [0, 0.05) is 13.0 Å². The molecule has 3 amide bonds. The minimum absolute atomic E-state index is 0.180. The molecular formula is C19H30N4O8. The second-order valence-corrected chi connectivity index (χ2v) is 7.90. The van der Waals surface area contributed by atoms with Gasteiger partial charge < -0.3 is 36.2 Å². The topological polar surface area (TPSA) is 185 Å². The molecule has 0 spiro atoms. The third kappa shape index (κ3) is 6.62. The Morgan fingerprint density at radius 1 is 1.10 bits per heavy atom. The molecule has 12 heteroatoms. The zero-order valence-corrected chi connectivity index (χ0v) is 17.4. The van der Waals surface area contributed by atoms with Gasteiger partial charge in [0.15, 0.2) is 0 Å². The fourth-order valence-corrected chi connectivity index (χ4v) is 3.84. The number of aliphatic hydroxyl groups excluding tert-OH is 1. The first-order chi connectivity index (χ1) is 14.6. The highest BCUT2D eigenvalue weighted by molar-refractivity contribution is 5.94. The van der Waals surface area contributed by atoms with Crippen molar-refractivity contribution >= 4 is 29.7 Å². The van der Waals surface area contributed by atoms with Crippen molar-refractivity contribution in [3.05, 3.63) is 0 Å². The Labute approximate surface area is 179 Å². The monoisotopic (exact) mass is 442 g/mol. The third-order valence-corrected chi connectivity index (χ3v) is 5.52. The van der Waals surface area contributed by atoms with Crippen LogP contribution in [0.15, 0.2) is 0 Å². The zero-order chi connectivity index (χ0) is 23.1. The summed E-state index contributed by atoms with van der Waals surface area (Å²) in [5, 5.41) is 36.2. The van der Waals surface area contributed by atoms with Gasteiger partial charge in [0.1, 0.15) is 18.1 Å². The van der Waals surface area contributed by atoms with Crippen LogP contribution in [-0.4, -0.2) is 93.2 Å². The minimum atomic E-state index is -1.36. The minimum Gasteiger partial charge on any atom is -0.481 e. The summed E-state index contributed by atoms with van der Waals surface area (Å²) < 4.78 is 0. The average Bonchev–Trinajstić information content (AvgIpc) is 3.39. The maximum Gasteiger partial charge on any atom is 0.326 e. The number of aliphatic hydroxyl groups is 1. The van der Waals surface area contributed by atoms with Gasteiger partial charge in [-0.1, -0.05) is 0 Å².